The number of aromatic nitrogens is 8. The molecule has 0 amide bonds. The van der Waals surface area contributed by atoms with Crippen LogP contribution < -0.4 is 0 Å². The number of halogens is 2. The molecule has 1 radical (unpaired) electrons. The Morgan fingerprint density at radius 3 is 1.23 bits per heavy atom. The first-order chi connectivity index (χ1) is 28.9. The first kappa shape index (κ1) is 44.4. The normalized spacial score (nSPS) is 12.0. The van der Waals surface area contributed by atoms with E-state index in [0.717, 1.165) is 55.4 Å². The molecule has 0 N–H and O–H groups in total. The van der Waals surface area contributed by atoms with Crippen LogP contribution in [0.15, 0.2) is 130 Å². The largest absolute Gasteiger partial charge is 2.00 e. The van der Waals surface area contributed by atoms with Gasteiger partial charge in [0.1, 0.15) is 23.3 Å². The topological polar surface area (TPSA) is 96.0 Å². The molecule has 8 aromatic rings. The number of benzene rings is 4. The van der Waals surface area contributed by atoms with Gasteiger partial charge in [0.05, 0.1) is 0 Å². The van der Waals surface area contributed by atoms with Crippen LogP contribution in [0.3, 0.4) is 0 Å². The van der Waals surface area contributed by atoms with Crippen LogP contribution in [-0.4, -0.2) is 51.3 Å². The van der Waals surface area contributed by atoms with Gasteiger partial charge in [0.25, 0.3) is 0 Å². The van der Waals surface area contributed by atoms with Crippen LogP contribution in [0.5, 0.6) is 0 Å². The number of fused-ring (bicyclic) bond motifs is 2. The maximum absolute atomic E-state index is 13.5. The van der Waals surface area contributed by atoms with Crippen molar-refractivity contribution >= 4 is 71.6 Å². The second-order valence-corrected chi connectivity index (χ2v) is 15.2. The fraction of sp³-hybridized carbons (Fsp3) is 0.174. The quantitative estimate of drug-likeness (QED) is 0.100. The summed E-state index contributed by atoms with van der Waals surface area (Å²) in [6.07, 6.45) is 11.1. The van der Waals surface area contributed by atoms with Crippen LogP contribution in [0.1, 0.15) is 62.8 Å². The Labute approximate surface area is 374 Å². The van der Waals surface area contributed by atoms with E-state index in [4.69, 9.17) is 25.3 Å². The van der Waals surface area contributed by atoms with E-state index in [1.54, 1.807) is 26.3 Å². The van der Waals surface area contributed by atoms with Gasteiger partial charge in [-0.1, -0.05) is 60.7 Å². The smallest absolute Gasteiger partial charge is 0.738 e. The van der Waals surface area contributed by atoms with Crippen LogP contribution in [0.25, 0.3) is 56.2 Å². The summed E-state index contributed by atoms with van der Waals surface area (Å²) < 4.78 is 34.7. The van der Waals surface area contributed by atoms with E-state index < -0.39 is 0 Å². The van der Waals surface area contributed by atoms with Gasteiger partial charge in [-0.3, -0.25) is 0 Å². The van der Waals surface area contributed by atoms with E-state index in [2.05, 4.69) is 91.7 Å². The molecule has 0 atom stereocenters. The minimum atomic E-state index is -0.250. The number of para-hydroxylation sites is 2. The molecule has 4 aromatic heterocycles. The van der Waals surface area contributed by atoms with Crippen molar-refractivity contribution in [1.29, 1.82) is 0 Å². The van der Waals surface area contributed by atoms with E-state index in [9.17, 15) is 8.78 Å². The average molecular weight is 896 g/mol. The molecular weight excluding hydrogens is 854 g/mol. The molecule has 15 heteroatoms. The molecule has 0 aliphatic carbocycles. The fourth-order valence-electron chi connectivity index (χ4n) is 7.27. The Morgan fingerprint density at radius 1 is 0.541 bits per heavy atom. The third kappa shape index (κ3) is 9.44. The van der Waals surface area contributed by atoms with Crippen LogP contribution in [-0.2, 0) is 42.0 Å². The van der Waals surface area contributed by atoms with Crippen molar-refractivity contribution in [2.75, 3.05) is 0 Å². The Hall–Kier alpha value is -6.13. The second-order valence-electron chi connectivity index (χ2n) is 14.4. The Kier molecular flexibility index (Phi) is 14.2. The Bertz CT molecular complexity index is 2660. The van der Waals surface area contributed by atoms with Gasteiger partial charge >= 0.3 is 16.8 Å². The van der Waals surface area contributed by atoms with Crippen molar-refractivity contribution < 1.29 is 25.6 Å². The number of nitrogens with zero attached hydrogens (tertiary/aromatic N) is 10. The van der Waals surface area contributed by atoms with Crippen molar-refractivity contribution in [2.24, 2.45) is 10.2 Å². The summed E-state index contributed by atoms with van der Waals surface area (Å²) in [6, 6.07) is 30.2. The molecule has 0 fully saturated rings. The molecule has 61 heavy (non-hydrogen) atoms. The molecule has 8 rings (SSSR count). The van der Waals surface area contributed by atoms with Crippen LogP contribution >= 0.6 is 0 Å². The van der Waals surface area contributed by atoms with Gasteiger partial charge in [0.15, 0.2) is 0 Å². The molecule has 0 saturated heterocycles. The molecule has 10 nitrogen and oxygen atoms in total. The maximum Gasteiger partial charge on any atom is 2.00 e. The molecule has 0 bridgehead atoms. The van der Waals surface area contributed by atoms with E-state index in [-0.39, 0.29) is 40.5 Å². The summed E-state index contributed by atoms with van der Waals surface area (Å²) in [4.78, 5) is 0. The van der Waals surface area contributed by atoms with Gasteiger partial charge < -0.3 is 34.4 Å². The van der Waals surface area contributed by atoms with Crippen molar-refractivity contribution in [3.8, 4) is 22.3 Å². The number of aryl methyl sites for hydroxylation is 2. The first-order valence-corrected chi connectivity index (χ1v) is 20.1. The van der Waals surface area contributed by atoms with Gasteiger partial charge in [0.2, 0.25) is 0 Å². The third-order valence-electron chi connectivity index (χ3n) is 9.78. The zero-order chi connectivity index (χ0) is 42.5. The third-order valence-corrected chi connectivity index (χ3v) is 10.3. The van der Waals surface area contributed by atoms with Crippen LogP contribution in [0, 0.1) is 25.5 Å². The SMILES string of the molecule is Cc1nnc([S-])n1N=C/C=C/c1c(-c2ccc(F)cc2)c2ccccc2n1C(C)C.Cc1nnc([S-])n1N=C/C=C/c1c(-c2ccc(F)cc2)c2ccccc2n1C(C)C.[Co+2]. The Balaban J connectivity index is 0.000000201. The number of hydrogen-bond acceptors (Lipinski definition) is 8. The molecule has 4 heterocycles. The van der Waals surface area contributed by atoms with Gasteiger partial charge in [0, 0.05) is 79.1 Å². The van der Waals surface area contributed by atoms with E-state index in [1.165, 1.54) is 33.6 Å². The number of allylic oxidation sites excluding steroid dienone is 2. The van der Waals surface area contributed by atoms with Crippen LogP contribution in [0.2, 0.25) is 0 Å². The van der Waals surface area contributed by atoms with Crippen molar-refractivity contribution in [3.63, 3.8) is 0 Å². The predicted molar refractivity (Wildman–Crippen MR) is 242 cm³/mol. The summed E-state index contributed by atoms with van der Waals surface area (Å²) >= 11 is 10.3. The summed E-state index contributed by atoms with van der Waals surface area (Å²) in [7, 11) is 0. The van der Waals surface area contributed by atoms with E-state index >= 15 is 0 Å². The van der Waals surface area contributed by atoms with Crippen molar-refractivity contribution in [2.45, 2.75) is 63.9 Å². The van der Waals surface area contributed by atoms with Crippen LogP contribution in [0.4, 0.5) is 8.78 Å². The molecule has 0 saturated carbocycles. The molecule has 311 valence electrons. The summed E-state index contributed by atoms with van der Waals surface area (Å²) in [5.74, 6) is 0.764. The molecule has 0 aliphatic heterocycles. The fourth-order valence-corrected chi connectivity index (χ4v) is 7.71. The number of hydrogen-bond donors (Lipinski definition) is 0. The van der Waals surface area contributed by atoms with Crippen molar-refractivity contribution in [3.05, 3.63) is 144 Å². The average Bonchev–Trinajstić information content (AvgIpc) is 3.95. The summed E-state index contributed by atoms with van der Waals surface area (Å²) in [6.45, 7) is 12.2. The molecule has 0 aliphatic rings. The second kappa shape index (κ2) is 19.5. The van der Waals surface area contributed by atoms with Gasteiger partial charge in [-0.05, 0) is 113 Å². The van der Waals surface area contributed by atoms with Gasteiger partial charge in [-0.2, -0.15) is 20.4 Å². The molecule has 4 aromatic carbocycles. The predicted octanol–water partition coefficient (Wildman–Crippen LogP) is 10.8. The summed E-state index contributed by atoms with van der Waals surface area (Å²) in [5, 5.41) is 27.1. The van der Waals surface area contributed by atoms with E-state index in [1.807, 2.05) is 72.8 Å². The minimum Gasteiger partial charge on any atom is -0.738 e. The zero-order valence-corrected chi connectivity index (χ0v) is 36.9. The van der Waals surface area contributed by atoms with Crippen molar-refractivity contribution in [1.82, 2.24) is 38.9 Å². The maximum atomic E-state index is 13.5. The minimum absolute atomic E-state index is 0. The Morgan fingerprint density at radius 2 is 0.902 bits per heavy atom. The van der Waals surface area contributed by atoms with Gasteiger partial charge in [-0.25, -0.2) is 18.1 Å². The standard InChI is InChI=1S/2C23H22FN5S.Co/c2*1-15(2)28-20-8-5-4-7-19(20)22(17-10-12-18(24)13-11-17)21(28)9-6-14-25-29-16(3)26-27-23(29)30;/h2*4-15H,1-3H3,(H,27,30);/q;;+2/p-2/b2*9-6+,25-14?;. The van der Waals surface area contributed by atoms with E-state index in [0.29, 0.717) is 22.0 Å². The monoisotopic (exact) mass is 895 g/mol. The number of rotatable bonds is 10. The first-order valence-electron chi connectivity index (χ1n) is 19.3. The summed E-state index contributed by atoms with van der Waals surface area (Å²) in [5.41, 5.74) is 8.38. The molecular formula is C46H42CoF2N10S2. The zero-order valence-electron chi connectivity index (χ0n) is 34.2. The molecule has 0 unspecified atom stereocenters. The molecule has 0 spiro atoms. The van der Waals surface area contributed by atoms with Gasteiger partial charge in [-0.15, -0.1) is 10.2 Å².